The van der Waals surface area contributed by atoms with E-state index in [1.54, 1.807) is 6.07 Å². The summed E-state index contributed by atoms with van der Waals surface area (Å²) < 4.78 is 4.97. The van der Waals surface area contributed by atoms with Crippen LogP contribution in [0, 0.1) is 0 Å². The second-order valence-electron chi connectivity index (χ2n) is 2.80. The first-order valence-corrected chi connectivity index (χ1v) is 3.97. The lowest BCUT2D eigenvalue weighted by Gasteiger charge is -1.96. The van der Waals surface area contributed by atoms with Gasteiger partial charge < -0.3 is 14.8 Å². The summed E-state index contributed by atoms with van der Waals surface area (Å²) in [5.41, 5.74) is 0.670. The van der Waals surface area contributed by atoms with Gasteiger partial charge in [-0.3, -0.25) is 0 Å². The number of carboxylic acid groups (broad SMARTS) is 1. The lowest BCUT2D eigenvalue weighted by atomic mass is 10.3. The fraction of sp³-hybridized carbons (Fsp3) is 0.111. The third kappa shape index (κ3) is 1.28. The van der Waals surface area contributed by atoms with Crippen LogP contribution in [0.15, 0.2) is 18.3 Å². The van der Waals surface area contributed by atoms with Crippen LogP contribution in [0.1, 0.15) is 10.5 Å². The Bertz CT molecular complexity index is 490. The summed E-state index contributed by atoms with van der Waals surface area (Å²) >= 11 is 0. The van der Waals surface area contributed by atoms with Crippen LogP contribution < -0.4 is 4.74 Å². The van der Waals surface area contributed by atoms with Gasteiger partial charge in [0.05, 0.1) is 13.3 Å². The number of ether oxygens (including phenoxy) is 1. The number of carbonyl (C=O) groups is 1. The van der Waals surface area contributed by atoms with Crippen molar-refractivity contribution >= 4 is 17.0 Å². The molecular formula is C9H8N2O3. The van der Waals surface area contributed by atoms with Crippen molar-refractivity contribution in [1.29, 1.82) is 0 Å². The molecule has 0 radical (unpaired) electrons. The Balaban J connectivity index is 2.60. The molecule has 0 amide bonds. The van der Waals surface area contributed by atoms with Crippen molar-refractivity contribution < 1.29 is 14.6 Å². The first-order chi connectivity index (χ1) is 6.70. The van der Waals surface area contributed by atoms with Crippen LogP contribution in [0.4, 0.5) is 0 Å². The highest BCUT2D eigenvalue weighted by molar-refractivity contribution is 5.92. The Morgan fingerprint density at radius 1 is 1.57 bits per heavy atom. The van der Waals surface area contributed by atoms with E-state index >= 15 is 0 Å². The predicted octanol–water partition coefficient (Wildman–Crippen LogP) is 1.27. The van der Waals surface area contributed by atoms with Gasteiger partial charge in [0, 0.05) is 5.39 Å². The third-order valence-corrected chi connectivity index (χ3v) is 1.91. The number of aromatic amines is 1. The van der Waals surface area contributed by atoms with Crippen molar-refractivity contribution in [2.45, 2.75) is 0 Å². The van der Waals surface area contributed by atoms with E-state index in [1.807, 2.05) is 0 Å². The fourth-order valence-corrected chi connectivity index (χ4v) is 1.22. The molecule has 14 heavy (non-hydrogen) atoms. The summed E-state index contributed by atoms with van der Waals surface area (Å²) in [5, 5.41) is 9.45. The van der Waals surface area contributed by atoms with Crippen LogP contribution in [0.2, 0.25) is 0 Å². The maximum Gasteiger partial charge on any atom is 0.352 e. The van der Waals surface area contributed by atoms with E-state index in [9.17, 15) is 4.79 Å². The molecule has 0 atom stereocenters. The van der Waals surface area contributed by atoms with Gasteiger partial charge in [-0.1, -0.05) is 0 Å². The molecule has 2 aromatic heterocycles. The molecular weight excluding hydrogens is 184 g/mol. The third-order valence-electron chi connectivity index (χ3n) is 1.91. The summed E-state index contributed by atoms with van der Waals surface area (Å²) in [5.74, 6) is -0.393. The molecule has 0 bridgehead atoms. The minimum Gasteiger partial charge on any atom is -0.495 e. The van der Waals surface area contributed by atoms with Gasteiger partial charge in [0.25, 0.3) is 0 Å². The summed E-state index contributed by atoms with van der Waals surface area (Å²) in [6.07, 6.45) is 1.53. The number of methoxy groups -OCH3 is 1. The Hall–Kier alpha value is -2.04. The number of H-pyrrole nitrogens is 1. The molecule has 0 saturated heterocycles. The number of nitrogens with zero attached hydrogens (tertiary/aromatic N) is 1. The van der Waals surface area contributed by atoms with Crippen LogP contribution in [0.3, 0.4) is 0 Å². The SMILES string of the molecule is COc1cnc2[nH]c(C(=O)O)cc2c1. The van der Waals surface area contributed by atoms with E-state index in [-0.39, 0.29) is 5.69 Å². The van der Waals surface area contributed by atoms with E-state index in [0.29, 0.717) is 11.4 Å². The van der Waals surface area contributed by atoms with Gasteiger partial charge >= 0.3 is 5.97 Å². The molecule has 0 saturated carbocycles. The minimum absolute atomic E-state index is 0.126. The lowest BCUT2D eigenvalue weighted by molar-refractivity contribution is 0.0691. The molecule has 5 nitrogen and oxygen atoms in total. The van der Waals surface area contributed by atoms with Crippen LogP contribution in [-0.4, -0.2) is 28.2 Å². The number of rotatable bonds is 2. The number of hydrogen-bond acceptors (Lipinski definition) is 3. The monoisotopic (exact) mass is 192 g/mol. The smallest absolute Gasteiger partial charge is 0.352 e. The van der Waals surface area contributed by atoms with Crippen LogP contribution in [0.5, 0.6) is 5.75 Å². The number of pyridine rings is 1. The fourth-order valence-electron chi connectivity index (χ4n) is 1.22. The van der Waals surface area contributed by atoms with Crippen LogP contribution >= 0.6 is 0 Å². The van der Waals surface area contributed by atoms with Crippen molar-refractivity contribution in [2.75, 3.05) is 7.11 Å². The van der Waals surface area contributed by atoms with Crippen molar-refractivity contribution in [3.8, 4) is 5.75 Å². The number of aromatic carboxylic acids is 1. The molecule has 2 N–H and O–H groups in total. The molecule has 0 aromatic carbocycles. The molecule has 0 aliphatic heterocycles. The van der Waals surface area contributed by atoms with Gasteiger partial charge in [-0.25, -0.2) is 9.78 Å². The van der Waals surface area contributed by atoms with Crippen molar-refractivity contribution in [1.82, 2.24) is 9.97 Å². The molecule has 0 aliphatic carbocycles. The number of carboxylic acids is 1. The van der Waals surface area contributed by atoms with Crippen molar-refractivity contribution in [3.05, 3.63) is 24.0 Å². The van der Waals surface area contributed by atoms with Crippen LogP contribution in [-0.2, 0) is 0 Å². The molecule has 2 aromatic rings. The average Bonchev–Trinajstić information content (AvgIpc) is 2.59. The summed E-state index contributed by atoms with van der Waals surface area (Å²) in [6.45, 7) is 0. The second kappa shape index (κ2) is 3.02. The number of hydrogen-bond donors (Lipinski definition) is 2. The number of nitrogens with one attached hydrogen (secondary N) is 1. The molecule has 0 aliphatic rings. The maximum atomic E-state index is 10.6. The highest BCUT2D eigenvalue weighted by Crippen LogP contribution is 2.18. The lowest BCUT2D eigenvalue weighted by Crippen LogP contribution is -1.94. The summed E-state index contributed by atoms with van der Waals surface area (Å²) in [7, 11) is 1.54. The van der Waals surface area contributed by atoms with Gasteiger partial charge in [0.1, 0.15) is 17.1 Å². The van der Waals surface area contributed by atoms with E-state index in [0.717, 1.165) is 5.39 Å². The minimum atomic E-state index is -0.998. The predicted molar refractivity (Wildman–Crippen MR) is 49.6 cm³/mol. The van der Waals surface area contributed by atoms with E-state index in [2.05, 4.69) is 9.97 Å². The quantitative estimate of drug-likeness (QED) is 0.751. The molecule has 0 fully saturated rings. The second-order valence-corrected chi connectivity index (χ2v) is 2.80. The van der Waals surface area contributed by atoms with Gasteiger partial charge in [-0.05, 0) is 12.1 Å². The first kappa shape index (κ1) is 8.55. The molecule has 0 spiro atoms. The first-order valence-electron chi connectivity index (χ1n) is 3.97. The molecule has 72 valence electrons. The van der Waals surface area contributed by atoms with Gasteiger partial charge in [0.2, 0.25) is 0 Å². The molecule has 2 rings (SSSR count). The van der Waals surface area contributed by atoms with Crippen molar-refractivity contribution in [3.63, 3.8) is 0 Å². The van der Waals surface area contributed by atoms with E-state index in [1.165, 1.54) is 19.4 Å². The van der Waals surface area contributed by atoms with E-state index in [4.69, 9.17) is 9.84 Å². The Kier molecular flexibility index (Phi) is 1.85. The Morgan fingerprint density at radius 2 is 2.36 bits per heavy atom. The van der Waals surface area contributed by atoms with Gasteiger partial charge in [-0.15, -0.1) is 0 Å². The highest BCUT2D eigenvalue weighted by atomic mass is 16.5. The zero-order valence-electron chi connectivity index (χ0n) is 7.44. The number of fused-ring (bicyclic) bond motifs is 1. The average molecular weight is 192 g/mol. The van der Waals surface area contributed by atoms with Crippen molar-refractivity contribution in [2.24, 2.45) is 0 Å². The highest BCUT2D eigenvalue weighted by Gasteiger charge is 2.08. The maximum absolute atomic E-state index is 10.6. The molecule has 5 heteroatoms. The van der Waals surface area contributed by atoms with E-state index < -0.39 is 5.97 Å². The summed E-state index contributed by atoms with van der Waals surface area (Å²) in [6, 6.07) is 3.25. The van der Waals surface area contributed by atoms with Gasteiger partial charge in [0.15, 0.2) is 0 Å². The van der Waals surface area contributed by atoms with Gasteiger partial charge in [-0.2, -0.15) is 0 Å². The molecule has 0 unspecified atom stereocenters. The zero-order chi connectivity index (χ0) is 10.1. The summed E-state index contributed by atoms with van der Waals surface area (Å²) in [4.78, 5) is 17.3. The normalized spacial score (nSPS) is 10.4. The standard InChI is InChI=1S/C9H8N2O3/c1-14-6-2-5-3-7(9(12)13)11-8(5)10-4-6/h2-4H,1H3,(H,10,11)(H,12,13). The Morgan fingerprint density at radius 3 is 3.00 bits per heavy atom. The topological polar surface area (TPSA) is 75.2 Å². The zero-order valence-corrected chi connectivity index (χ0v) is 7.44. The Labute approximate surface area is 79.3 Å². The number of aromatic nitrogens is 2. The largest absolute Gasteiger partial charge is 0.495 e. The molecule has 2 heterocycles. The van der Waals surface area contributed by atoms with Crippen LogP contribution in [0.25, 0.3) is 11.0 Å².